The Hall–Kier alpha value is -12.4. The molecule has 12 aromatic rings. The van der Waals surface area contributed by atoms with Crippen molar-refractivity contribution in [2.45, 2.75) is 109 Å². The van der Waals surface area contributed by atoms with Gasteiger partial charge in [0.25, 0.3) is 5.91 Å². The molecule has 0 radical (unpaired) electrons. The summed E-state index contributed by atoms with van der Waals surface area (Å²) < 4.78 is 37.8. The number of rotatable bonds is 25. The van der Waals surface area contributed by atoms with Crippen LogP contribution in [-0.2, 0) is 44.9 Å². The van der Waals surface area contributed by atoms with Gasteiger partial charge in [-0.2, -0.15) is 0 Å². The van der Waals surface area contributed by atoms with E-state index in [4.69, 9.17) is 76.8 Å². The molecule has 20 nitrogen and oxygen atoms in total. The molecule has 654 valence electrons. The Kier molecular flexibility index (Phi) is 30.1. The number of nitrogen functional groups attached to an aromatic ring is 2. The Morgan fingerprint density at radius 2 is 0.898 bits per heavy atom. The number of hydrogen-bond acceptors (Lipinski definition) is 19. The van der Waals surface area contributed by atoms with E-state index in [-0.39, 0.29) is 72.7 Å². The fourth-order valence-corrected chi connectivity index (χ4v) is 18.6. The quantitative estimate of drug-likeness (QED) is 0.0263. The maximum absolute atomic E-state index is 13.7. The molecule has 5 aliphatic rings. The maximum Gasteiger partial charge on any atom is 0.254 e. The van der Waals surface area contributed by atoms with Crippen LogP contribution in [0.15, 0.2) is 226 Å². The van der Waals surface area contributed by atoms with Gasteiger partial charge in [-0.25, -0.2) is 14.4 Å². The lowest BCUT2D eigenvalue weighted by Crippen LogP contribution is -2.59. The molecule has 128 heavy (non-hydrogen) atoms. The summed E-state index contributed by atoms with van der Waals surface area (Å²) in [7, 11) is 0. The third-order valence-corrected chi connectivity index (χ3v) is 26.3. The lowest BCUT2D eigenvalue weighted by atomic mass is 9.96. The van der Waals surface area contributed by atoms with E-state index in [1.807, 2.05) is 91.9 Å². The van der Waals surface area contributed by atoms with Crippen molar-refractivity contribution in [1.29, 1.82) is 0 Å². The van der Waals surface area contributed by atoms with Gasteiger partial charge in [-0.1, -0.05) is 91.1 Å². The smallest absolute Gasteiger partial charge is 0.254 e. The summed E-state index contributed by atoms with van der Waals surface area (Å²) in [5.74, 6) is 3.47. The van der Waals surface area contributed by atoms with E-state index >= 15 is 0 Å². The number of amides is 4. The van der Waals surface area contributed by atoms with Gasteiger partial charge in [0.15, 0.2) is 11.6 Å². The second-order valence-electron chi connectivity index (χ2n) is 31.9. The molecule has 1 saturated heterocycles. The summed E-state index contributed by atoms with van der Waals surface area (Å²) in [6.45, 7) is 14.9. The third-order valence-electron chi connectivity index (χ3n) is 21.2. The predicted molar refractivity (Wildman–Crippen MR) is 513 cm³/mol. The fourth-order valence-electron chi connectivity index (χ4n) is 14.6. The molecule has 4 atom stereocenters. The predicted octanol–water partition coefficient (Wildman–Crippen LogP) is 21.3. The number of ketones is 2. The minimum Gasteiger partial charge on any atom is -0.488 e. The van der Waals surface area contributed by atoms with E-state index in [9.17, 15) is 33.2 Å². The minimum absolute atomic E-state index is 0.00664. The Bertz CT molecular complexity index is 6230. The van der Waals surface area contributed by atoms with E-state index in [0.29, 0.717) is 112 Å². The van der Waals surface area contributed by atoms with E-state index in [0.717, 1.165) is 110 Å². The average molecular weight is 1850 g/mol. The number of carbonyl (C=O) groups excluding carboxylic acids is 6. The first-order chi connectivity index (χ1) is 61.5. The Morgan fingerprint density at radius 1 is 0.500 bits per heavy atom. The zero-order valence-electron chi connectivity index (χ0n) is 70.6. The molecule has 0 aliphatic carbocycles. The van der Waals surface area contributed by atoms with Gasteiger partial charge in [0.1, 0.15) is 64.7 Å². The molecule has 1 fully saturated rings. The van der Waals surface area contributed by atoms with Gasteiger partial charge in [0, 0.05) is 134 Å². The van der Waals surface area contributed by atoms with Crippen LogP contribution in [0.1, 0.15) is 128 Å². The summed E-state index contributed by atoms with van der Waals surface area (Å²) in [4.78, 5) is 96.9. The molecule has 5 aliphatic heterocycles. The van der Waals surface area contributed by atoms with Crippen LogP contribution < -0.4 is 46.4 Å². The van der Waals surface area contributed by atoms with Crippen LogP contribution in [0.3, 0.4) is 0 Å². The number of aromatic nitrogens is 4. The van der Waals surface area contributed by atoms with E-state index in [1.54, 1.807) is 134 Å². The number of carbonyl (C=O) groups is 6. The molecule has 12 heterocycles. The van der Waals surface area contributed by atoms with Gasteiger partial charge in [-0.3, -0.25) is 38.7 Å². The summed E-state index contributed by atoms with van der Waals surface area (Å²) in [6.07, 6.45) is 25.9. The largest absolute Gasteiger partial charge is 0.488 e. The highest BCUT2D eigenvalue weighted by molar-refractivity contribution is 7.17. The minimum atomic E-state index is -1.30. The topological polar surface area (TPSA) is 282 Å². The first-order valence-electron chi connectivity index (χ1n) is 41.4. The summed E-state index contributed by atoms with van der Waals surface area (Å²) in [6, 6.07) is 49.9. The van der Waals surface area contributed by atoms with E-state index < -0.39 is 5.67 Å². The summed E-state index contributed by atoms with van der Waals surface area (Å²) in [5, 5.41) is 10.9. The number of pyridine rings is 4. The van der Waals surface area contributed by atoms with Crippen molar-refractivity contribution in [2.24, 2.45) is 0 Å². The van der Waals surface area contributed by atoms with Gasteiger partial charge in [0.2, 0.25) is 17.7 Å². The van der Waals surface area contributed by atoms with Crippen LogP contribution in [0.2, 0.25) is 20.1 Å². The maximum atomic E-state index is 13.7. The number of fused-ring (bicyclic) bond motifs is 4. The number of ether oxygens (including phenoxy) is 4. The highest BCUT2D eigenvalue weighted by atomic mass is 35.5. The summed E-state index contributed by atoms with van der Waals surface area (Å²) in [5.41, 5.74) is 23.9. The Labute approximate surface area is 773 Å². The van der Waals surface area contributed by atoms with Crippen molar-refractivity contribution >= 4 is 157 Å². The molecule has 5 aromatic carbocycles. The molecule has 4 unspecified atom stereocenters. The number of thiophene rings is 3. The lowest BCUT2D eigenvalue weighted by Gasteiger charge is -2.42. The molecule has 0 spiro atoms. The number of anilines is 2. The van der Waals surface area contributed by atoms with Crippen LogP contribution in [0, 0.1) is 0 Å². The molecule has 28 heteroatoms. The third kappa shape index (κ3) is 24.5. The van der Waals surface area contributed by atoms with Gasteiger partial charge >= 0.3 is 0 Å². The molecule has 17 rings (SSSR count). The number of benzene rings is 5. The molecule has 7 aromatic heterocycles. The number of likely N-dealkylation sites (tertiary alicyclic amines) is 1. The highest BCUT2D eigenvalue weighted by Crippen LogP contribution is 2.46. The van der Waals surface area contributed by atoms with Crippen molar-refractivity contribution in [3.63, 3.8) is 0 Å². The van der Waals surface area contributed by atoms with Crippen molar-refractivity contribution < 1.29 is 52.1 Å². The van der Waals surface area contributed by atoms with Gasteiger partial charge in [0.05, 0.1) is 57.7 Å². The van der Waals surface area contributed by atoms with Gasteiger partial charge < -0.3 is 51.3 Å². The highest BCUT2D eigenvalue weighted by Gasteiger charge is 2.42. The average Bonchev–Trinajstić information content (AvgIpc) is 1.32. The SMILES string of the molecule is C=C(C)c1ccc(-c2cc(Cl)c3c(c2)CC(CNC(=O)/C=C/c2ccc(N)nc2)O3)s1.CC(=O)c1ccc(-c2cc(Cl)c3c(c2)CC(CNC(=O)/C=C/c2cccnc2)O3)s1.CC(C)c1ccc(-c2cc(Cl)c3c(c2)CC(CNC(=O)/C=C/c2cccnc2)O3)s1.CC1(F)CN(C(=O)c2ccc(-c3cc(Cl)c4c(c3)CC(CCC(=O)/C=C/c3ccc(N)nc3)O4)cc2)C1. The Balaban J connectivity index is 0.000000139. The number of alkyl halides is 1. The first-order valence-corrected chi connectivity index (χ1v) is 45.3. The molecule has 7 N–H and O–H groups in total. The van der Waals surface area contributed by atoms with Crippen LogP contribution in [0.5, 0.6) is 23.0 Å². The van der Waals surface area contributed by atoms with Crippen molar-refractivity contribution in [3.05, 3.63) is 311 Å². The molecule has 0 bridgehead atoms. The zero-order valence-corrected chi connectivity index (χ0v) is 76.0. The van der Waals surface area contributed by atoms with Crippen molar-refractivity contribution in [2.75, 3.05) is 44.2 Å². The second kappa shape index (κ2) is 42.0. The number of nitrogens with two attached hydrogens (primary N) is 2. The van der Waals surface area contributed by atoms with Crippen molar-refractivity contribution in [1.82, 2.24) is 40.8 Å². The standard InChI is InChI=1S/C29H27ClFN3O3.C24H22ClN3O2S.C24H23ClN2O2S.C23H19ClN2O3S/c1-29(31)16-34(17-29)28(36)20-6-4-19(5-7-20)21-12-22-13-24(37-27(22)25(30)14-21)10-9-23(35)8-2-18-3-11-26(32)33-15-18;1-14(2)20-5-6-21(31-20)16-9-17-10-18(30-24(17)19(25)11-16)13-28-23(29)8-4-15-3-7-22(26)27-12-15;1-15(2)21-6-7-22(30-21)17-10-18-11-19(29-24(18)20(25)12-17)14-27-23(28)8-5-16-4-3-9-26-13-16;1-14(27)20-5-6-21(30-20)16-9-17-10-18(29-23(17)19(24)11-16)13-26-22(28)7-4-15-3-2-8-25-12-15/h2-8,11-12,14-15,24H,9-10,13,16-17H2,1H3,(H2,32,33);3-9,11-12,18H,1,10,13H2,2H3,(H2,26,27)(H,28,29);3-10,12-13,15,19H,11,14H2,1-2H3,(H,27,28);2-9,11-12,18H,10,13H2,1H3,(H,26,28)/b8-2+;8-4+;8-5+;7-4+. The number of nitrogens with zero attached hydrogens (tertiary/aromatic N) is 5. The number of Topliss-reactive ketones (excluding diaryl/α,β-unsaturated/α-hetero) is 1. The van der Waals surface area contributed by atoms with Gasteiger partial charge in [-0.05, 0) is 258 Å². The van der Waals surface area contributed by atoms with Crippen LogP contribution >= 0.6 is 80.4 Å². The monoisotopic (exact) mass is 1850 g/mol. The van der Waals surface area contributed by atoms with Gasteiger partial charge in [-0.15, -0.1) is 34.0 Å². The first kappa shape index (κ1) is 91.8. The Morgan fingerprint density at radius 3 is 1.29 bits per heavy atom. The van der Waals surface area contributed by atoms with Crippen LogP contribution in [0.25, 0.3) is 72.3 Å². The van der Waals surface area contributed by atoms with Crippen LogP contribution in [0.4, 0.5) is 16.0 Å². The number of hydrogen-bond donors (Lipinski definition) is 5. The normalized spacial score (nSPS) is 15.9. The fraction of sp³-hybridized carbons (Fsp3) is 0.220. The molecular formula is C100H91Cl4FN10O10S3. The molecular weight excluding hydrogens is 1760 g/mol. The zero-order chi connectivity index (χ0) is 90.3. The number of halogens is 5. The molecule has 4 amide bonds. The number of allylic oxidation sites excluding steroid dienone is 2. The second-order valence-corrected chi connectivity index (χ2v) is 36.8. The van der Waals surface area contributed by atoms with E-state index in [1.165, 1.54) is 51.1 Å². The lowest BCUT2D eigenvalue weighted by molar-refractivity contribution is -0.117. The van der Waals surface area contributed by atoms with Crippen LogP contribution in [-0.4, -0.2) is 123 Å². The summed E-state index contributed by atoms with van der Waals surface area (Å²) >= 11 is 30.9. The van der Waals surface area contributed by atoms with Crippen molar-refractivity contribution in [3.8, 4) is 65.4 Å². The van der Waals surface area contributed by atoms with E-state index in [2.05, 4.69) is 92.7 Å². The number of nitrogens with one attached hydrogen (secondary N) is 3. The molecule has 0 saturated carbocycles.